The molecule has 0 radical (unpaired) electrons. The van der Waals surface area contributed by atoms with Crippen molar-refractivity contribution in [2.24, 2.45) is 0 Å². The van der Waals surface area contributed by atoms with Crippen molar-refractivity contribution in [2.75, 3.05) is 6.54 Å². The van der Waals surface area contributed by atoms with E-state index in [9.17, 15) is 29.9 Å². The van der Waals surface area contributed by atoms with Gasteiger partial charge in [-0.1, -0.05) is 0 Å². The Morgan fingerprint density at radius 3 is 2.48 bits per heavy atom. The van der Waals surface area contributed by atoms with Crippen LogP contribution in [0.25, 0.3) is 0 Å². The number of carboxylic acid groups (broad SMARTS) is 1. The maximum Gasteiger partial charge on any atom is 0.335 e. The highest BCUT2D eigenvalue weighted by Gasteiger charge is 2.27. The summed E-state index contributed by atoms with van der Waals surface area (Å²) in [4.78, 5) is 31.6. The highest BCUT2D eigenvalue weighted by atomic mass is 16.6. The molecule has 0 aromatic heterocycles. The van der Waals surface area contributed by atoms with Crippen molar-refractivity contribution in [3.8, 4) is 0 Å². The second-order valence-electron chi connectivity index (χ2n) is 4.29. The van der Waals surface area contributed by atoms with Crippen LogP contribution in [0.2, 0.25) is 0 Å². The van der Waals surface area contributed by atoms with Crippen LogP contribution in [-0.4, -0.2) is 44.8 Å². The highest BCUT2D eigenvalue weighted by Crippen LogP contribution is 2.28. The molecule has 0 aliphatic carbocycles. The van der Waals surface area contributed by atoms with Crippen LogP contribution in [0, 0.1) is 10.1 Å². The minimum absolute atomic E-state index is 0.233. The van der Waals surface area contributed by atoms with E-state index in [1.165, 1.54) is 6.92 Å². The van der Waals surface area contributed by atoms with Crippen molar-refractivity contribution in [2.45, 2.75) is 19.1 Å². The topological polar surface area (TPSA) is 150 Å². The van der Waals surface area contributed by atoms with E-state index in [1.807, 2.05) is 0 Å². The first-order valence-corrected chi connectivity index (χ1v) is 5.86. The monoisotopic (exact) mass is 298 g/mol. The Morgan fingerprint density at radius 1 is 1.38 bits per heavy atom. The Hall–Kier alpha value is -2.52. The third-order valence-corrected chi connectivity index (χ3v) is 2.72. The molecule has 0 spiro atoms. The fourth-order valence-electron chi connectivity index (χ4n) is 1.65. The summed E-state index contributed by atoms with van der Waals surface area (Å²) in [6, 6.07) is 2.94. The summed E-state index contributed by atoms with van der Waals surface area (Å²) in [7, 11) is 0. The van der Waals surface area contributed by atoms with Gasteiger partial charge in [-0.05, 0) is 12.1 Å². The molecule has 114 valence electrons. The number of aliphatic hydroxyl groups excluding tert-OH is 2. The number of rotatable bonds is 6. The highest BCUT2D eigenvalue weighted by molar-refractivity contribution is 5.88. The summed E-state index contributed by atoms with van der Waals surface area (Å²) >= 11 is 0. The molecule has 9 nitrogen and oxygen atoms in total. The average molecular weight is 298 g/mol. The number of nitrogens with zero attached hydrogens (tertiary/aromatic N) is 1. The van der Waals surface area contributed by atoms with E-state index < -0.39 is 34.7 Å². The van der Waals surface area contributed by atoms with Crippen molar-refractivity contribution in [3.63, 3.8) is 0 Å². The SMILES string of the molecule is CC(=O)NCC(O)C(O)c1ccc(C(=O)O)cc1[N+](=O)[O-]. The zero-order valence-corrected chi connectivity index (χ0v) is 11.0. The minimum Gasteiger partial charge on any atom is -0.478 e. The van der Waals surface area contributed by atoms with Gasteiger partial charge in [0.2, 0.25) is 5.91 Å². The number of nitro benzene ring substituents is 1. The van der Waals surface area contributed by atoms with E-state index in [0.717, 1.165) is 18.2 Å². The number of aromatic carboxylic acids is 1. The summed E-state index contributed by atoms with van der Waals surface area (Å²) in [5, 5.41) is 41.6. The molecule has 0 saturated heterocycles. The van der Waals surface area contributed by atoms with Gasteiger partial charge in [-0.3, -0.25) is 14.9 Å². The normalized spacial score (nSPS) is 13.3. The van der Waals surface area contributed by atoms with Crippen LogP contribution in [0.3, 0.4) is 0 Å². The lowest BCUT2D eigenvalue weighted by atomic mass is 10.0. The molecule has 0 bridgehead atoms. The molecule has 2 unspecified atom stereocenters. The zero-order valence-electron chi connectivity index (χ0n) is 11.0. The third kappa shape index (κ3) is 4.23. The Labute approximate surface area is 119 Å². The molecule has 0 aliphatic heterocycles. The lowest BCUT2D eigenvalue weighted by Crippen LogP contribution is -2.34. The van der Waals surface area contributed by atoms with E-state index >= 15 is 0 Å². The van der Waals surface area contributed by atoms with Gasteiger partial charge in [-0.15, -0.1) is 0 Å². The van der Waals surface area contributed by atoms with Gasteiger partial charge in [0.25, 0.3) is 5.69 Å². The average Bonchev–Trinajstić information content (AvgIpc) is 2.42. The lowest BCUT2D eigenvalue weighted by molar-refractivity contribution is -0.386. The van der Waals surface area contributed by atoms with Crippen LogP contribution < -0.4 is 5.32 Å². The quantitative estimate of drug-likeness (QED) is 0.420. The first kappa shape index (κ1) is 16.5. The van der Waals surface area contributed by atoms with Crippen LogP contribution in [0.5, 0.6) is 0 Å². The molecule has 4 N–H and O–H groups in total. The molecule has 0 fully saturated rings. The standard InChI is InChI=1S/C12H14N2O7/c1-6(15)13-5-10(16)11(17)8-3-2-7(12(18)19)4-9(8)14(20)21/h2-4,10-11,16-17H,5H2,1H3,(H,13,15)(H,18,19). The van der Waals surface area contributed by atoms with Gasteiger partial charge in [0, 0.05) is 19.5 Å². The first-order valence-electron chi connectivity index (χ1n) is 5.86. The van der Waals surface area contributed by atoms with Crippen molar-refractivity contribution in [1.29, 1.82) is 0 Å². The van der Waals surface area contributed by atoms with E-state index in [-0.39, 0.29) is 17.7 Å². The number of carboxylic acids is 1. The minimum atomic E-state index is -1.64. The first-order chi connectivity index (χ1) is 9.73. The number of hydrogen-bond acceptors (Lipinski definition) is 6. The van der Waals surface area contributed by atoms with Crippen molar-refractivity contribution in [1.82, 2.24) is 5.32 Å². The van der Waals surface area contributed by atoms with Gasteiger partial charge in [0.1, 0.15) is 12.2 Å². The molecular weight excluding hydrogens is 284 g/mol. The Balaban J connectivity index is 3.08. The molecule has 1 rings (SSSR count). The van der Waals surface area contributed by atoms with Gasteiger partial charge in [0.05, 0.1) is 16.1 Å². The van der Waals surface area contributed by atoms with Crippen molar-refractivity contribution in [3.05, 3.63) is 39.4 Å². The smallest absolute Gasteiger partial charge is 0.335 e. The number of hydrogen-bond donors (Lipinski definition) is 4. The fourth-order valence-corrected chi connectivity index (χ4v) is 1.65. The number of aliphatic hydroxyl groups is 2. The Kier molecular flexibility index (Phi) is 5.33. The molecule has 0 saturated carbocycles. The predicted molar refractivity (Wildman–Crippen MR) is 69.7 cm³/mol. The van der Waals surface area contributed by atoms with Crippen LogP contribution in [0.15, 0.2) is 18.2 Å². The lowest BCUT2D eigenvalue weighted by Gasteiger charge is -2.18. The molecule has 1 amide bonds. The Morgan fingerprint density at radius 2 is 2.00 bits per heavy atom. The van der Waals surface area contributed by atoms with Crippen LogP contribution in [0.4, 0.5) is 5.69 Å². The zero-order chi connectivity index (χ0) is 16.2. The second-order valence-corrected chi connectivity index (χ2v) is 4.29. The maximum absolute atomic E-state index is 10.9. The maximum atomic E-state index is 10.9. The van der Waals surface area contributed by atoms with E-state index in [2.05, 4.69) is 5.32 Å². The number of nitrogens with one attached hydrogen (secondary N) is 1. The molecule has 2 atom stereocenters. The van der Waals surface area contributed by atoms with Crippen LogP contribution in [-0.2, 0) is 4.79 Å². The number of carbonyl (C=O) groups excluding carboxylic acids is 1. The third-order valence-electron chi connectivity index (χ3n) is 2.72. The molecule has 1 aromatic carbocycles. The predicted octanol–water partition coefficient (Wildman–Crippen LogP) is -0.177. The number of benzene rings is 1. The number of nitro groups is 1. The summed E-state index contributed by atoms with van der Waals surface area (Å²) < 4.78 is 0. The molecule has 21 heavy (non-hydrogen) atoms. The molecule has 9 heteroatoms. The summed E-state index contributed by atoms with van der Waals surface area (Å²) in [6.45, 7) is 0.914. The largest absolute Gasteiger partial charge is 0.478 e. The van der Waals surface area contributed by atoms with Crippen LogP contribution >= 0.6 is 0 Å². The van der Waals surface area contributed by atoms with Gasteiger partial charge in [-0.2, -0.15) is 0 Å². The molecular formula is C12H14N2O7. The summed E-state index contributed by atoms with van der Waals surface area (Å²) in [6.07, 6.45) is -3.11. The molecule has 1 aromatic rings. The second kappa shape index (κ2) is 6.77. The van der Waals surface area contributed by atoms with E-state index in [1.54, 1.807) is 0 Å². The van der Waals surface area contributed by atoms with Gasteiger partial charge < -0.3 is 20.6 Å². The van der Waals surface area contributed by atoms with Crippen molar-refractivity contribution < 1.29 is 29.8 Å². The summed E-state index contributed by atoms with van der Waals surface area (Å²) in [5.41, 5.74) is -1.17. The molecule has 0 heterocycles. The molecule has 0 aliphatic rings. The Bertz CT molecular complexity index is 573. The van der Waals surface area contributed by atoms with Gasteiger partial charge in [0.15, 0.2) is 0 Å². The van der Waals surface area contributed by atoms with Crippen molar-refractivity contribution >= 4 is 17.6 Å². The number of carbonyl (C=O) groups is 2. The van der Waals surface area contributed by atoms with Crippen LogP contribution in [0.1, 0.15) is 28.9 Å². The fraction of sp³-hybridized carbons (Fsp3) is 0.333. The van der Waals surface area contributed by atoms with E-state index in [0.29, 0.717) is 0 Å². The van der Waals surface area contributed by atoms with Gasteiger partial charge >= 0.3 is 5.97 Å². The summed E-state index contributed by atoms with van der Waals surface area (Å²) in [5.74, 6) is -1.78. The number of amides is 1. The van der Waals surface area contributed by atoms with E-state index in [4.69, 9.17) is 5.11 Å². The van der Waals surface area contributed by atoms with Gasteiger partial charge in [-0.25, -0.2) is 4.79 Å².